The number of carbonyl (C=O) groups excluding carboxylic acids is 1. The van der Waals surface area contributed by atoms with Gasteiger partial charge in [-0.1, -0.05) is 12.1 Å². The maximum Gasteiger partial charge on any atom is 0.278 e. The van der Waals surface area contributed by atoms with Crippen LogP contribution < -0.4 is 5.43 Å². The average molecular weight is 303 g/mol. The minimum absolute atomic E-state index is 0.0497. The highest BCUT2D eigenvalue weighted by Crippen LogP contribution is 2.09. The summed E-state index contributed by atoms with van der Waals surface area (Å²) in [6, 6.07) is 7.14. The summed E-state index contributed by atoms with van der Waals surface area (Å²) in [5.74, 6) is -0.363. The number of hydrogen-bond donors (Lipinski definition) is 0. The molecule has 0 bridgehead atoms. The van der Waals surface area contributed by atoms with Crippen LogP contribution >= 0.6 is 0 Å². The van der Waals surface area contributed by atoms with Gasteiger partial charge in [-0.05, 0) is 26.0 Å². The normalized spacial score (nSPS) is 12.4. The molecule has 0 spiro atoms. The van der Waals surface area contributed by atoms with Gasteiger partial charge in [-0.2, -0.15) is 5.10 Å². The number of rotatable bonds is 5. The van der Waals surface area contributed by atoms with Crippen molar-refractivity contribution in [2.75, 3.05) is 20.2 Å². The fourth-order valence-electron chi connectivity index (χ4n) is 2.35. The van der Waals surface area contributed by atoms with E-state index in [1.807, 2.05) is 26.0 Å². The fourth-order valence-corrected chi connectivity index (χ4v) is 2.35. The van der Waals surface area contributed by atoms with E-state index in [1.165, 1.54) is 0 Å². The van der Waals surface area contributed by atoms with Crippen LogP contribution in [0.25, 0.3) is 10.9 Å². The highest BCUT2D eigenvalue weighted by atomic mass is 16.5. The molecule has 0 aliphatic carbocycles. The number of benzene rings is 1. The SMILES string of the molecule is CCN(C[C@H](C)OC)C(=O)c1nn(C)c2ccccc2c1=O. The van der Waals surface area contributed by atoms with Crippen LogP contribution in [-0.2, 0) is 11.8 Å². The third kappa shape index (κ3) is 3.01. The van der Waals surface area contributed by atoms with Gasteiger partial charge < -0.3 is 9.64 Å². The lowest BCUT2D eigenvalue weighted by molar-refractivity contribution is 0.0544. The van der Waals surface area contributed by atoms with E-state index in [-0.39, 0.29) is 23.1 Å². The van der Waals surface area contributed by atoms with Crippen molar-refractivity contribution in [3.63, 3.8) is 0 Å². The number of ether oxygens (including phenoxy) is 1. The van der Waals surface area contributed by atoms with Crippen molar-refractivity contribution < 1.29 is 9.53 Å². The van der Waals surface area contributed by atoms with Gasteiger partial charge in [0.1, 0.15) is 0 Å². The Kier molecular flexibility index (Phi) is 4.92. The third-order valence-electron chi connectivity index (χ3n) is 3.71. The predicted molar refractivity (Wildman–Crippen MR) is 85.0 cm³/mol. The molecular weight excluding hydrogens is 282 g/mol. The number of fused-ring (bicyclic) bond motifs is 1. The second kappa shape index (κ2) is 6.70. The van der Waals surface area contributed by atoms with E-state index in [4.69, 9.17) is 4.74 Å². The molecule has 6 nitrogen and oxygen atoms in total. The highest BCUT2D eigenvalue weighted by molar-refractivity contribution is 5.95. The number of amides is 1. The van der Waals surface area contributed by atoms with Gasteiger partial charge in [-0.15, -0.1) is 0 Å². The van der Waals surface area contributed by atoms with Crippen molar-refractivity contribution in [2.24, 2.45) is 7.05 Å². The first-order valence-corrected chi connectivity index (χ1v) is 7.27. The maximum atomic E-state index is 12.6. The molecule has 2 rings (SSSR count). The van der Waals surface area contributed by atoms with Crippen molar-refractivity contribution in [3.05, 3.63) is 40.2 Å². The molecule has 1 amide bonds. The Labute approximate surface area is 129 Å². The molecule has 0 fully saturated rings. The molecule has 1 heterocycles. The second-order valence-corrected chi connectivity index (χ2v) is 5.21. The summed E-state index contributed by atoms with van der Waals surface area (Å²) in [7, 11) is 3.32. The Morgan fingerprint density at radius 3 is 2.73 bits per heavy atom. The summed E-state index contributed by atoms with van der Waals surface area (Å²) in [5.41, 5.74) is 0.325. The number of aromatic nitrogens is 2. The molecule has 0 aliphatic heterocycles. The Morgan fingerprint density at radius 1 is 1.41 bits per heavy atom. The molecule has 2 aromatic rings. The summed E-state index contributed by atoms with van der Waals surface area (Å²) in [6.45, 7) is 4.65. The van der Waals surface area contributed by atoms with Crippen molar-refractivity contribution in [1.29, 1.82) is 0 Å². The highest BCUT2D eigenvalue weighted by Gasteiger charge is 2.22. The van der Waals surface area contributed by atoms with Gasteiger partial charge in [-0.25, -0.2) is 0 Å². The van der Waals surface area contributed by atoms with E-state index in [9.17, 15) is 9.59 Å². The molecule has 0 saturated carbocycles. The van der Waals surface area contributed by atoms with Gasteiger partial charge in [0.25, 0.3) is 5.91 Å². The lowest BCUT2D eigenvalue weighted by Crippen LogP contribution is -2.40. The quantitative estimate of drug-likeness (QED) is 0.838. The molecule has 1 aromatic carbocycles. The minimum atomic E-state index is -0.363. The van der Waals surface area contributed by atoms with Crippen LogP contribution in [0.4, 0.5) is 0 Å². The number of carbonyl (C=O) groups is 1. The summed E-state index contributed by atoms with van der Waals surface area (Å²) in [5, 5.41) is 4.67. The van der Waals surface area contributed by atoms with E-state index >= 15 is 0 Å². The predicted octanol–water partition coefficient (Wildman–Crippen LogP) is 1.43. The topological polar surface area (TPSA) is 64.4 Å². The summed E-state index contributed by atoms with van der Waals surface area (Å²) >= 11 is 0. The van der Waals surface area contributed by atoms with Crippen LogP contribution in [0, 0.1) is 0 Å². The van der Waals surface area contributed by atoms with Gasteiger partial charge in [0.2, 0.25) is 5.43 Å². The molecule has 1 atom stereocenters. The zero-order valence-corrected chi connectivity index (χ0v) is 13.4. The zero-order valence-electron chi connectivity index (χ0n) is 13.4. The first-order chi connectivity index (χ1) is 10.5. The van der Waals surface area contributed by atoms with Gasteiger partial charge in [0.05, 0.1) is 11.6 Å². The molecule has 1 aromatic heterocycles. The van der Waals surface area contributed by atoms with Gasteiger partial charge >= 0.3 is 0 Å². The van der Waals surface area contributed by atoms with Gasteiger partial charge in [-0.3, -0.25) is 14.3 Å². The molecule has 0 unspecified atom stereocenters. The first kappa shape index (κ1) is 16.2. The Morgan fingerprint density at radius 2 is 2.09 bits per heavy atom. The van der Waals surface area contributed by atoms with Crippen LogP contribution in [0.15, 0.2) is 29.1 Å². The molecule has 0 N–H and O–H groups in total. The monoisotopic (exact) mass is 303 g/mol. The lowest BCUT2D eigenvalue weighted by atomic mass is 10.2. The number of hydrogen-bond acceptors (Lipinski definition) is 4. The fraction of sp³-hybridized carbons (Fsp3) is 0.438. The Hall–Kier alpha value is -2.21. The zero-order chi connectivity index (χ0) is 16.3. The van der Waals surface area contributed by atoms with Crippen LogP contribution in [0.3, 0.4) is 0 Å². The van der Waals surface area contributed by atoms with Crippen molar-refractivity contribution in [3.8, 4) is 0 Å². The molecule has 6 heteroatoms. The Balaban J connectivity index is 2.47. The molecule has 0 saturated heterocycles. The van der Waals surface area contributed by atoms with E-state index in [1.54, 1.807) is 35.9 Å². The summed E-state index contributed by atoms with van der Waals surface area (Å²) in [6.07, 6.45) is -0.104. The minimum Gasteiger partial charge on any atom is -0.380 e. The first-order valence-electron chi connectivity index (χ1n) is 7.27. The van der Waals surface area contributed by atoms with Gasteiger partial charge in [0, 0.05) is 32.6 Å². The smallest absolute Gasteiger partial charge is 0.278 e. The largest absolute Gasteiger partial charge is 0.380 e. The third-order valence-corrected chi connectivity index (χ3v) is 3.71. The standard InChI is InChI=1S/C16H21N3O3/c1-5-19(10-11(2)22-4)16(21)14-15(20)12-8-6-7-9-13(12)18(3)17-14/h6-9,11H,5,10H2,1-4H3/t11-/m0/s1. The van der Waals surface area contributed by atoms with Crippen molar-refractivity contribution in [1.82, 2.24) is 14.7 Å². The molecule has 22 heavy (non-hydrogen) atoms. The summed E-state index contributed by atoms with van der Waals surface area (Å²) in [4.78, 5) is 26.8. The Bertz CT molecular complexity index is 739. The van der Waals surface area contributed by atoms with E-state index < -0.39 is 0 Å². The number of likely N-dealkylation sites (N-methyl/N-ethyl adjacent to an activating group) is 1. The van der Waals surface area contributed by atoms with Crippen LogP contribution in [0.2, 0.25) is 0 Å². The average Bonchev–Trinajstić information content (AvgIpc) is 2.55. The van der Waals surface area contributed by atoms with Crippen molar-refractivity contribution >= 4 is 16.8 Å². The second-order valence-electron chi connectivity index (χ2n) is 5.21. The summed E-state index contributed by atoms with van der Waals surface area (Å²) < 4.78 is 6.76. The van der Waals surface area contributed by atoms with Gasteiger partial charge in [0.15, 0.2) is 5.69 Å². The van der Waals surface area contributed by atoms with Crippen molar-refractivity contribution in [2.45, 2.75) is 20.0 Å². The number of nitrogens with zero attached hydrogens (tertiary/aromatic N) is 3. The molecular formula is C16H21N3O3. The maximum absolute atomic E-state index is 12.6. The van der Waals surface area contributed by atoms with E-state index in [0.717, 1.165) is 0 Å². The van der Waals surface area contributed by atoms with E-state index in [0.29, 0.717) is 24.0 Å². The van der Waals surface area contributed by atoms with E-state index in [2.05, 4.69) is 5.10 Å². The van der Waals surface area contributed by atoms with Crippen LogP contribution in [0.1, 0.15) is 24.3 Å². The molecule has 118 valence electrons. The molecule has 0 radical (unpaired) electrons. The van der Waals surface area contributed by atoms with Crippen LogP contribution in [-0.4, -0.2) is 46.9 Å². The number of aryl methyl sites for hydroxylation is 1. The van der Waals surface area contributed by atoms with Crippen LogP contribution in [0.5, 0.6) is 0 Å². The molecule has 0 aliphatic rings. The number of para-hydroxylation sites is 1. The lowest BCUT2D eigenvalue weighted by Gasteiger charge is -2.23. The number of methoxy groups -OCH3 is 1.